The third-order valence-corrected chi connectivity index (χ3v) is 6.68. The summed E-state index contributed by atoms with van der Waals surface area (Å²) in [5, 5.41) is 11.0. The molecule has 8 heteroatoms. The van der Waals surface area contributed by atoms with Crippen LogP contribution in [0.4, 0.5) is 11.4 Å². The van der Waals surface area contributed by atoms with E-state index in [2.05, 4.69) is 0 Å². The van der Waals surface area contributed by atoms with E-state index in [1.54, 1.807) is 27.6 Å². The first-order valence-electron chi connectivity index (χ1n) is 7.95. The molecule has 0 aliphatic carbocycles. The maximum absolute atomic E-state index is 13.1. The number of nitro benzene ring substituents is 1. The number of fused-ring (bicyclic) bond motifs is 2. The molecule has 1 aromatic rings. The van der Waals surface area contributed by atoms with Crippen molar-refractivity contribution in [1.82, 2.24) is 4.90 Å². The van der Waals surface area contributed by atoms with Crippen LogP contribution in [-0.2, 0) is 16.0 Å². The average molecular weight is 347 g/mol. The smallest absolute Gasteiger partial charge is 0.271 e. The average Bonchev–Trinajstić information content (AvgIpc) is 3.20. The first kappa shape index (κ1) is 15.4. The maximum Gasteiger partial charge on any atom is 0.271 e. The lowest BCUT2D eigenvalue weighted by molar-refractivity contribution is -0.384. The Morgan fingerprint density at radius 1 is 1.42 bits per heavy atom. The van der Waals surface area contributed by atoms with Gasteiger partial charge in [0.2, 0.25) is 5.91 Å². The zero-order valence-electron chi connectivity index (χ0n) is 13.2. The fourth-order valence-electron chi connectivity index (χ4n) is 3.89. The first-order chi connectivity index (χ1) is 11.4. The van der Waals surface area contributed by atoms with Gasteiger partial charge < -0.3 is 9.80 Å². The molecule has 0 bridgehead atoms. The van der Waals surface area contributed by atoms with Crippen LogP contribution in [0.1, 0.15) is 25.3 Å². The number of hydrogen-bond acceptors (Lipinski definition) is 5. The number of nitrogens with zero attached hydrogens (tertiary/aromatic N) is 3. The van der Waals surface area contributed by atoms with Crippen LogP contribution in [-0.4, -0.2) is 44.8 Å². The molecule has 7 nitrogen and oxygen atoms in total. The van der Waals surface area contributed by atoms with Crippen molar-refractivity contribution in [2.24, 2.45) is 0 Å². The monoisotopic (exact) mass is 347 g/mol. The van der Waals surface area contributed by atoms with Crippen LogP contribution in [0.15, 0.2) is 18.2 Å². The normalized spacial score (nSPS) is 28.2. The molecule has 0 saturated carbocycles. The summed E-state index contributed by atoms with van der Waals surface area (Å²) >= 11 is 1.65. The summed E-state index contributed by atoms with van der Waals surface area (Å²) in [4.78, 5) is 38.9. The number of carbonyl (C=O) groups excluding carboxylic acids is 2. The Bertz CT molecular complexity index is 768. The van der Waals surface area contributed by atoms with Crippen LogP contribution in [0.5, 0.6) is 0 Å². The third kappa shape index (κ3) is 2.12. The molecular formula is C16H17N3O4S. The van der Waals surface area contributed by atoms with E-state index in [4.69, 9.17) is 0 Å². The summed E-state index contributed by atoms with van der Waals surface area (Å²) in [6.07, 6.45) is 1.93. The van der Waals surface area contributed by atoms with Gasteiger partial charge in [0.1, 0.15) is 6.04 Å². The molecule has 4 rings (SSSR count). The molecule has 0 N–H and O–H groups in total. The molecule has 126 valence electrons. The molecule has 2 amide bonds. The molecule has 2 unspecified atom stereocenters. The summed E-state index contributed by atoms with van der Waals surface area (Å²) in [7, 11) is 0. The third-order valence-electron chi connectivity index (χ3n) is 5.17. The van der Waals surface area contributed by atoms with Crippen molar-refractivity contribution in [2.75, 3.05) is 17.2 Å². The highest BCUT2D eigenvalue weighted by Gasteiger charge is 2.54. The topological polar surface area (TPSA) is 83.8 Å². The van der Waals surface area contributed by atoms with Gasteiger partial charge in [-0.1, -0.05) is 6.07 Å². The Morgan fingerprint density at radius 2 is 2.21 bits per heavy atom. The van der Waals surface area contributed by atoms with E-state index >= 15 is 0 Å². The second-order valence-electron chi connectivity index (χ2n) is 6.58. The molecule has 0 aromatic heterocycles. The molecule has 2 fully saturated rings. The standard InChI is InChI=1S/C16H17N3O4S/c1-16-6-4-14(20)18(16)13(9-24-16)15(21)17-7-5-10-2-3-11(19(22)23)8-12(10)17/h2-3,8,13H,4-7,9H2,1H3. The van der Waals surface area contributed by atoms with Crippen LogP contribution < -0.4 is 4.90 Å². The predicted molar refractivity (Wildman–Crippen MR) is 89.9 cm³/mol. The number of hydrogen-bond donors (Lipinski definition) is 0. The van der Waals surface area contributed by atoms with E-state index in [1.165, 1.54) is 12.1 Å². The Balaban J connectivity index is 1.65. The number of non-ortho nitro benzene ring substituents is 1. The lowest BCUT2D eigenvalue weighted by Crippen LogP contribution is -2.51. The van der Waals surface area contributed by atoms with E-state index in [0.717, 1.165) is 12.0 Å². The molecular weight excluding hydrogens is 330 g/mol. The van der Waals surface area contributed by atoms with Crippen LogP contribution >= 0.6 is 11.8 Å². The van der Waals surface area contributed by atoms with Crippen molar-refractivity contribution in [2.45, 2.75) is 37.1 Å². The highest BCUT2D eigenvalue weighted by molar-refractivity contribution is 8.01. The molecule has 24 heavy (non-hydrogen) atoms. The SMILES string of the molecule is CC12CCC(=O)N1C(C(=O)N1CCc3ccc([N+](=O)[O-])cc31)CS2. The number of carbonyl (C=O) groups is 2. The van der Waals surface area contributed by atoms with Gasteiger partial charge >= 0.3 is 0 Å². The predicted octanol–water partition coefficient (Wildman–Crippen LogP) is 1.94. The Hall–Kier alpha value is -2.09. The van der Waals surface area contributed by atoms with Crippen LogP contribution in [0.2, 0.25) is 0 Å². The number of anilines is 1. The van der Waals surface area contributed by atoms with Gasteiger partial charge in [-0.15, -0.1) is 11.8 Å². The molecule has 1 aromatic carbocycles. The maximum atomic E-state index is 13.1. The number of nitro groups is 1. The fraction of sp³-hybridized carbons (Fsp3) is 0.500. The van der Waals surface area contributed by atoms with Crippen molar-refractivity contribution in [3.05, 3.63) is 33.9 Å². The summed E-state index contributed by atoms with van der Waals surface area (Å²) < 4.78 is 0. The zero-order valence-corrected chi connectivity index (χ0v) is 14.0. The number of benzene rings is 1. The van der Waals surface area contributed by atoms with Crippen molar-refractivity contribution in [3.8, 4) is 0 Å². The minimum absolute atomic E-state index is 0.0173. The highest BCUT2D eigenvalue weighted by atomic mass is 32.2. The van der Waals surface area contributed by atoms with Crippen LogP contribution in [0, 0.1) is 10.1 Å². The van der Waals surface area contributed by atoms with Gasteiger partial charge in [0, 0.05) is 30.9 Å². The molecule has 3 aliphatic rings. The minimum Gasteiger partial charge on any atom is -0.315 e. The Morgan fingerprint density at radius 3 is 2.96 bits per heavy atom. The zero-order chi connectivity index (χ0) is 17.1. The van der Waals surface area contributed by atoms with Gasteiger partial charge in [0.15, 0.2) is 0 Å². The van der Waals surface area contributed by atoms with Crippen molar-refractivity contribution in [3.63, 3.8) is 0 Å². The number of amides is 2. The Kier molecular flexibility index (Phi) is 3.35. The first-order valence-corrected chi connectivity index (χ1v) is 8.94. The highest BCUT2D eigenvalue weighted by Crippen LogP contribution is 2.48. The fourth-order valence-corrected chi connectivity index (χ4v) is 5.32. The van der Waals surface area contributed by atoms with E-state index < -0.39 is 11.0 Å². The van der Waals surface area contributed by atoms with Crippen molar-refractivity contribution < 1.29 is 14.5 Å². The van der Waals surface area contributed by atoms with Gasteiger partial charge in [0.05, 0.1) is 15.5 Å². The van der Waals surface area contributed by atoms with E-state index in [1.807, 2.05) is 6.92 Å². The summed E-state index contributed by atoms with van der Waals surface area (Å²) in [5.41, 5.74) is 1.53. The summed E-state index contributed by atoms with van der Waals surface area (Å²) in [6, 6.07) is 4.18. The van der Waals surface area contributed by atoms with Gasteiger partial charge in [-0.3, -0.25) is 19.7 Å². The second kappa shape index (κ2) is 5.20. The van der Waals surface area contributed by atoms with E-state index in [9.17, 15) is 19.7 Å². The molecule has 0 spiro atoms. The number of thioether (sulfide) groups is 1. The van der Waals surface area contributed by atoms with Gasteiger partial charge in [-0.2, -0.15) is 0 Å². The van der Waals surface area contributed by atoms with Gasteiger partial charge in [0.25, 0.3) is 11.6 Å². The van der Waals surface area contributed by atoms with Crippen LogP contribution in [0.3, 0.4) is 0 Å². The van der Waals surface area contributed by atoms with E-state index in [-0.39, 0.29) is 22.4 Å². The second-order valence-corrected chi connectivity index (χ2v) is 8.08. The number of rotatable bonds is 2. The van der Waals surface area contributed by atoms with E-state index in [0.29, 0.717) is 30.8 Å². The van der Waals surface area contributed by atoms with Crippen molar-refractivity contribution >= 4 is 35.0 Å². The lowest BCUT2D eigenvalue weighted by atomic mass is 10.1. The summed E-state index contributed by atoms with van der Waals surface area (Å²) in [5.74, 6) is 0.488. The lowest BCUT2D eigenvalue weighted by Gasteiger charge is -2.32. The molecule has 2 saturated heterocycles. The molecule has 2 atom stereocenters. The van der Waals surface area contributed by atoms with Crippen molar-refractivity contribution in [1.29, 1.82) is 0 Å². The molecule has 3 aliphatic heterocycles. The summed E-state index contributed by atoms with van der Waals surface area (Å²) in [6.45, 7) is 2.52. The van der Waals surface area contributed by atoms with Gasteiger partial charge in [-0.05, 0) is 25.3 Å². The minimum atomic E-state index is -0.472. The largest absolute Gasteiger partial charge is 0.315 e. The molecule has 0 radical (unpaired) electrons. The Labute approximate surface area is 143 Å². The quantitative estimate of drug-likeness (QED) is 0.603. The van der Waals surface area contributed by atoms with Crippen LogP contribution in [0.25, 0.3) is 0 Å². The van der Waals surface area contributed by atoms with Gasteiger partial charge in [-0.25, -0.2) is 0 Å². The molecule has 3 heterocycles.